The van der Waals surface area contributed by atoms with Crippen LogP contribution in [0.2, 0.25) is 0 Å². The molecule has 0 saturated carbocycles. The number of benzene rings is 2. The van der Waals surface area contributed by atoms with Crippen molar-refractivity contribution in [1.82, 2.24) is 9.47 Å². The van der Waals surface area contributed by atoms with Crippen molar-refractivity contribution in [3.05, 3.63) is 48.5 Å². The summed E-state index contributed by atoms with van der Waals surface area (Å²) in [7, 11) is 2.32. The highest BCUT2D eigenvalue weighted by Gasteiger charge is 2.24. The molecule has 3 heteroatoms. The van der Waals surface area contributed by atoms with E-state index in [0.29, 0.717) is 0 Å². The zero-order valence-electron chi connectivity index (χ0n) is 15.3. The van der Waals surface area contributed by atoms with Crippen molar-refractivity contribution in [3.63, 3.8) is 0 Å². The molecule has 0 spiro atoms. The number of hydrogen-bond acceptors (Lipinski definition) is 1. The van der Waals surface area contributed by atoms with E-state index in [0.717, 1.165) is 18.5 Å². The van der Waals surface area contributed by atoms with E-state index in [2.05, 4.69) is 72.0 Å². The molecule has 0 radical (unpaired) electrons. The molecule has 2 unspecified atom stereocenters. The van der Waals surface area contributed by atoms with Gasteiger partial charge in [-0.2, -0.15) is 0 Å². The molecule has 4 rings (SSSR count). The highest BCUT2D eigenvalue weighted by atomic mass is 35.5. The fraction of sp³-hybridized carbons (Fsp3) is 0.455. The topological polar surface area (TPSA) is 8.17 Å². The molecule has 2 aromatic carbocycles. The number of nitrogens with zero attached hydrogens (tertiary/aromatic N) is 2. The Balaban J connectivity index is 0.00000182. The molecular weight excluding hydrogens is 328 g/mol. The van der Waals surface area contributed by atoms with Crippen molar-refractivity contribution in [3.8, 4) is 0 Å². The van der Waals surface area contributed by atoms with Crippen LogP contribution in [0.3, 0.4) is 0 Å². The van der Waals surface area contributed by atoms with E-state index in [9.17, 15) is 0 Å². The third-order valence-corrected chi connectivity index (χ3v) is 6.02. The van der Waals surface area contributed by atoms with E-state index < -0.39 is 0 Å². The van der Waals surface area contributed by atoms with Gasteiger partial charge < -0.3 is 9.47 Å². The van der Waals surface area contributed by atoms with Crippen LogP contribution in [0, 0.1) is 5.92 Å². The molecule has 1 saturated heterocycles. The average molecular weight is 357 g/mol. The summed E-state index contributed by atoms with van der Waals surface area (Å²) in [4.78, 5) is 2.60. The molecule has 1 aliphatic heterocycles. The van der Waals surface area contributed by atoms with Crippen LogP contribution in [-0.4, -0.2) is 29.1 Å². The maximum Gasteiger partial charge on any atom is 0.0491 e. The average Bonchev–Trinajstić information content (AvgIpc) is 2.95. The molecule has 1 aliphatic rings. The third-order valence-electron chi connectivity index (χ3n) is 6.02. The summed E-state index contributed by atoms with van der Waals surface area (Å²) in [5, 5.41) is 2.77. The van der Waals surface area contributed by atoms with Crippen LogP contribution in [0.1, 0.15) is 32.6 Å². The predicted octanol–water partition coefficient (Wildman–Crippen LogP) is 5.73. The van der Waals surface area contributed by atoms with Gasteiger partial charge >= 0.3 is 0 Å². The van der Waals surface area contributed by atoms with Gasteiger partial charge in [-0.25, -0.2) is 0 Å². The number of likely N-dealkylation sites (tertiary alicyclic amines) is 1. The highest BCUT2D eigenvalue weighted by Crippen LogP contribution is 2.30. The minimum absolute atomic E-state index is 0. The fourth-order valence-electron chi connectivity index (χ4n) is 4.52. The van der Waals surface area contributed by atoms with Gasteiger partial charge in [0, 0.05) is 40.9 Å². The molecule has 0 amide bonds. The van der Waals surface area contributed by atoms with E-state index in [4.69, 9.17) is 0 Å². The number of piperidine rings is 1. The second kappa shape index (κ2) is 7.80. The predicted molar refractivity (Wildman–Crippen MR) is 111 cm³/mol. The van der Waals surface area contributed by atoms with Crippen molar-refractivity contribution in [2.75, 3.05) is 13.6 Å². The van der Waals surface area contributed by atoms with Gasteiger partial charge in [0.15, 0.2) is 0 Å². The lowest BCUT2D eigenvalue weighted by Crippen LogP contribution is -2.40. The smallest absolute Gasteiger partial charge is 0.0491 e. The summed E-state index contributed by atoms with van der Waals surface area (Å²) >= 11 is 0. The Morgan fingerprint density at radius 3 is 2.08 bits per heavy atom. The Morgan fingerprint density at radius 2 is 1.52 bits per heavy atom. The van der Waals surface area contributed by atoms with Crippen LogP contribution < -0.4 is 0 Å². The van der Waals surface area contributed by atoms with E-state index in [1.54, 1.807) is 0 Å². The lowest BCUT2D eigenvalue weighted by Gasteiger charge is -2.37. The van der Waals surface area contributed by atoms with Gasteiger partial charge in [0.1, 0.15) is 0 Å². The van der Waals surface area contributed by atoms with Gasteiger partial charge in [-0.1, -0.05) is 49.7 Å². The van der Waals surface area contributed by atoms with Gasteiger partial charge in [-0.15, -0.1) is 12.4 Å². The van der Waals surface area contributed by atoms with Crippen LogP contribution in [0.4, 0.5) is 0 Å². The summed E-state index contributed by atoms with van der Waals surface area (Å²) in [6, 6.07) is 18.4. The zero-order chi connectivity index (χ0) is 16.5. The Kier molecular flexibility index (Phi) is 5.71. The van der Waals surface area contributed by atoms with Gasteiger partial charge in [-0.3, -0.25) is 0 Å². The van der Waals surface area contributed by atoms with Crippen LogP contribution in [0.5, 0.6) is 0 Å². The second-order valence-corrected chi connectivity index (χ2v) is 7.42. The van der Waals surface area contributed by atoms with Crippen molar-refractivity contribution in [1.29, 1.82) is 0 Å². The van der Waals surface area contributed by atoms with Gasteiger partial charge in [0.2, 0.25) is 0 Å². The van der Waals surface area contributed by atoms with Gasteiger partial charge in [0.05, 0.1) is 0 Å². The number of para-hydroxylation sites is 2. The van der Waals surface area contributed by atoms with Crippen molar-refractivity contribution >= 4 is 34.2 Å². The van der Waals surface area contributed by atoms with Crippen molar-refractivity contribution in [2.45, 2.75) is 45.2 Å². The maximum absolute atomic E-state index is 2.60. The van der Waals surface area contributed by atoms with Crippen LogP contribution in [0.25, 0.3) is 21.8 Å². The summed E-state index contributed by atoms with van der Waals surface area (Å²) in [5.41, 5.74) is 2.76. The Bertz CT molecular complexity index is 785. The van der Waals surface area contributed by atoms with E-state index in [1.807, 2.05) is 0 Å². The fourth-order valence-corrected chi connectivity index (χ4v) is 4.52. The third kappa shape index (κ3) is 3.43. The number of aromatic nitrogens is 1. The number of hydrogen-bond donors (Lipinski definition) is 0. The minimum atomic E-state index is 0. The van der Waals surface area contributed by atoms with Crippen LogP contribution in [0.15, 0.2) is 48.5 Å². The standard InChI is InChI=1S/C22H28N2.ClH/c1-3-17-12-13-18(23(2)16-17)14-15-24-21-10-6-4-8-19(21)20-9-5-7-11-22(20)24;/h4-11,17-18H,3,12-16H2,1-2H3;1H. The maximum atomic E-state index is 2.60. The molecule has 134 valence electrons. The molecule has 2 atom stereocenters. The summed E-state index contributed by atoms with van der Waals surface area (Å²) in [5.74, 6) is 0.902. The summed E-state index contributed by atoms with van der Waals surface area (Å²) in [6.45, 7) is 4.71. The molecule has 2 nitrogen and oxygen atoms in total. The first-order valence-corrected chi connectivity index (χ1v) is 9.44. The molecule has 0 aliphatic carbocycles. The molecule has 3 aromatic rings. The normalized spacial score (nSPS) is 21.5. The molecule has 0 N–H and O–H groups in total. The molecule has 0 bridgehead atoms. The number of aryl methyl sites for hydroxylation is 1. The van der Waals surface area contributed by atoms with Gasteiger partial charge in [0.25, 0.3) is 0 Å². The van der Waals surface area contributed by atoms with E-state index >= 15 is 0 Å². The van der Waals surface area contributed by atoms with Crippen LogP contribution in [-0.2, 0) is 6.54 Å². The quantitative estimate of drug-likeness (QED) is 0.579. The Labute approximate surface area is 157 Å². The molecule has 2 heterocycles. The number of rotatable bonds is 4. The summed E-state index contributed by atoms with van der Waals surface area (Å²) in [6.07, 6.45) is 5.32. The van der Waals surface area contributed by atoms with Crippen molar-refractivity contribution < 1.29 is 0 Å². The van der Waals surface area contributed by atoms with E-state index in [1.165, 1.54) is 54.0 Å². The molecule has 1 aromatic heterocycles. The Morgan fingerprint density at radius 1 is 0.920 bits per heavy atom. The van der Waals surface area contributed by atoms with Crippen LogP contribution >= 0.6 is 12.4 Å². The first-order valence-electron chi connectivity index (χ1n) is 9.44. The SMILES string of the molecule is CCC1CCC(CCn2c3ccccc3c3ccccc32)N(C)C1.Cl. The summed E-state index contributed by atoms with van der Waals surface area (Å²) < 4.78 is 2.53. The van der Waals surface area contributed by atoms with E-state index in [-0.39, 0.29) is 12.4 Å². The zero-order valence-corrected chi connectivity index (χ0v) is 16.1. The monoisotopic (exact) mass is 356 g/mol. The van der Waals surface area contributed by atoms with Crippen molar-refractivity contribution in [2.24, 2.45) is 5.92 Å². The van der Waals surface area contributed by atoms with Gasteiger partial charge in [-0.05, 0) is 44.4 Å². The largest absolute Gasteiger partial charge is 0.340 e. The lowest BCUT2D eigenvalue weighted by atomic mass is 9.90. The molecular formula is C22H29ClN2. The number of fused-ring (bicyclic) bond motifs is 3. The highest BCUT2D eigenvalue weighted by molar-refractivity contribution is 6.07. The Hall–Kier alpha value is -1.51. The first-order chi connectivity index (χ1) is 11.8. The number of halogens is 1. The molecule has 25 heavy (non-hydrogen) atoms. The molecule has 1 fully saturated rings. The second-order valence-electron chi connectivity index (χ2n) is 7.42. The lowest BCUT2D eigenvalue weighted by molar-refractivity contribution is 0.125. The first kappa shape index (κ1) is 18.3. The minimum Gasteiger partial charge on any atom is -0.340 e.